The van der Waals surface area contributed by atoms with Crippen molar-refractivity contribution in [2.24, 2.45) is 0 Å². The monoisotopic (exact) mass is 830 g/mol. The minimum Gasteiger partial charge on any atom is -0.415 e. The number of hydrogen-bond donors (Lipinski definition) is 0. The van der Waals surface area contributed by atoms with Gasteiger partial charge in [-0.15, -0.1) is 0 Å². The molecule has 0 aromatic rings. The molecule has 1 aliphatic heterocycles. The topological polar surface area (TPSA) is 100 Å². The minimum absolute atomic E-state index is 0.284. The highest BCUT2D eigenvalue weighted by Gasteiger charge is 2.53. The van der Waals surface area contributed by atoms with Gasteiger partial charge >= 0.3 is 0 Å². The molecule has 1 aliphatic rings. The zero-order chi connectivity index (χ0) is 39.5. The molecule has 0 N–H and O–H groups in total. The van der Waals surface area contributed by atoms with Crippen LogP contribution in [0.5, 0.6) is 0 Å². The van der Waals surface area contributed by atoms with E-state index in [-0.39, 0.29) is 18.8 Å². The Morgan fingerprint density at radius 3 is 1.32 bits per heavy atom. The predicted molar refractivity (Wildman–Crippen MR) is 224 cm³/mol. The number of ether oxygens (including phenoxy) is 2. The summed E-state index contributed by atoms with van der Waals surface area (Å²) < 4.78 is 62.1. The molecule has 0 amide bonds. The maximum Gasteiger partial charge on any atom is 0.186 e. The quantitative estimate of drug-likeness (QED) is 0.0828. The van der Waals surface area contributed by atoms with Gasteiger partial charge in [-0.3, -0.25) is 0 Å². The SMILES string of the molecule is CC1OC(OC(C(CO[Si](C)(C)C)O[Si](C)(C)C)C(O[Si](C)(C)C)C(C=O)O[Si](C)(C)C)C(O[Si](C)(C)C)C(O[Si](C)(C)C)C1O[Si](C)(C)C. The molecule has 0 radical (unpaired) electrons. The number of hydrogen-bond acceptors (Lipinski definition) is 10. The van der Waals surface area contributed by atoms with E-state index in [4.69, 9.17) is 40.5 Å². The summed E-state index contributed by atoms with van der Waals surface area (Å²) >= 11 is 0. The fraction of sp³-hybridized carbons (Fsp3) is 0.970. The van der Waals surface area contributed by atoms with E-state index >= 15 is 0 Å². The Labute approximate surface area is 314 Å². The van der Waals surface area contributed by atoms with Crippen molar-refractivity contribution in [1.82, 2.24) is 0 Å². The fourth-order valence-corrected chi connectivity index (χ4v) is 12.7. The van der Waals surface area contributed by atoms with Crippen LogP contribution in [0.15, 0.2) is 0 Å². The van der Waals surface area contributed by atoms with Crippen LogP contribution in [-0.2, 0) is 45.3 Å². The van der Waals surface area contributed by atoms with Gasteiger partial charge in [0.15, 0.2) is 64.5 Å². The summed E-state index contributed by atoms with van der Waals surface area (Å²) in [5, 5.41) is 0. The smallest absolute Gasteiger partial charge is 0.186 e. The zero-order valence-electron chi connectivity index (χ0n) is 36.1. The summed E-state index contributed by atoms with van der Waals surface area (Å²) in [6.07, 6.45) is -4.74. The standard InChI is InChI=1S/C33H78O10Si7/c1-25-28(40-47(11,12)13)31(42-49(17,18)19)32(43-50(20,21)22)33(36-25)37-29(27(39-46(8,9)10)24-35-44(2,3)4)30(41-48(14,15)16)26(23-34)38-45(5,6)7/h23,25-33H,24H2,1-22H3. The van der Waals surface area contributed by atoms with E-state index in [0.29, 0.717) is 0 Å². The first kappa shape index (κ1) is 48.8. The second kappa shape index (κ2) is 18.2. The number of aldehydes is 1. The van der Waals surface area contributed by atoms with Gasteiger partial charge in [-0.1, -0.05) is 0 Å². The molecule has 9 atom stereocenters. The van der Waals surface area contributed by atoms with E-state index in [2.05, 4.69) is 137 Å². The Kier molecular flexibility index (Phi) is 17.8. The fourth-order valence-electron chi connectivity index (χ4n) is 5.55. The lowest BCUT2D eigenvalue weighted by atomic mass is 9.99. The second-order valence-electron chi connectivity index (χ2n) is 20.6. The average Bonchev–Trinajstić information content (AvgIpc) is 2.82. The predicted octanol–water partition coefficient (Wildman–Crippen LogP) is 8.49. The second-order valence-corrected chi connectivity index (χ2v) is 51.9. The van der Waals surface area contributed by atoms with E-state index in [1.807, 2.05) is 6.92 Å². The van der Waals surface area contributed by atoms with Gasteiger partial charge in [0.1, 0.15) is 36.8 Å². The lowest BCUT2D eigenvalue weighted by molar-refractivity contribution is -0.310. The highest BCUT2D eigenvalue weighted by atomic mass is 28.4. The third-order valence-electron chi connectivity index (χ3n) is 6.80. The van der Waals surface area contributed by atoms with E-state index in [0.717, 1.165) is 6.29 Å². The van der Waals surface area contributed by atoms with Crippen molar-refractivity contribution in [3.63, 3.8) is 0 Å². The summed E-state index contributed by atoms with van der Waals surface area (Å²) in [7, 11) is -15.1. The average molecular weight is 832 g/mol. The first-order chi connectivity index (χ1) is 22.0. The van der Waals surface area contributed by atoms with Crippen LogP contribution in [0, 0.1) is 0 Å². The Morgan fingerprint density at radius 2 is 0.940 bits per heavy atom. The molecule has 10 nitrogen and oxygen atoms in total. The molecule has 0 saturated carbocycles. The van der Waals surface area contributed by atoms with Gasteiger partial charge in [-0.2, -0.15) is 0 Å². The molecule has 0 aliphatic carbocycles. The van der Waals surface area contributed by atoms with Gasteiger partial charge in [-0.05, 0) is 144 Å². The molecule has 9 unspecified atom stereocenters. The molecule has 298 valence electrons. The normalized spacial score (nSPS) is 26.0. The Hall–Kier alpha value is 0.828. The number of carbonyl (C=O) groups is 1. The van der Waals surface area contributed by atoms with Crippen molar-refractivity contribution in [1.29, 1.82) is 0 Å². The Balaban J connectivity index is 4.11. The molecule has 1 fully saturated rings. The largest absolute Gasteiger partial charge is 0.415 e. The van der Waals surface area contributed by atoms with Crippen LogP contribution in [0.2, 0.25) is 137 Å². The summed E-state index contributed by atoms with van der Waals surface area (Å²) in [6, 6.07) is 0. The van der Waals surface area contributed by atoms with Crippen LogP contribution in [-0.4, -0.2) is 126 Å². The van der Waals surface area contributed by atoms with Crippen LogP contribution < -0.4 is 0 Å². The number of carbonyl (C=O) groups excluding carboxylic acids is 1. The van der Waals surface area contributed by atoms with Crippen LogP contribution in [0.3, 0.4) is 0 Å². The maximum atomic E-state index is 13.1. The highest BCUT2D eigenvalue weighted by molar-refractivity contribution is 6.72. The summed E-state index contributed by atoms with van der Waals surface area (Å²) in [4.78, 5) is 13.1. The van der Waals surface area contributed by atoms with Crippen molar-refractivity contribution >= 4 is 64.5 Å². The van der Waals surface area contributed by atoms with Crippen molar-refractivity contribution in [3.05, 3.63) is 0 Å². The Bertz CT molecular complexity index is 1040. The molecular weight excluding hydrogens is 753 g/mol. The van der Waals surface area contributed by atoms with Crippen molar-refractivity contribution in [3.8, 4) is 0 Å². The highest BCUT2D eigenvalue weighted by Crippen LogP contribution is 2.36. The van der Waals surface area contributed by atoms with Gasteiger partial charge in [0.25, 0.3) is 0 Å². The van der Waals surface area contributed by atoms with Gasteiger partial charge in [0.2, 0.25) is 0 Å². The summed E-state index contributed by atoms with van der Waals surface area (Å²) in [5.74, 6) is 0. The first-order valence-corrected chi connectivity index (χ1v) is 42.3. The third-order valence-corrected chi connectivity index (χ3v) is 13.7. The van der Waals surface area contributed by atoms with Crippen molar-refractivity contribution in [2.45, 2.75) is 200 Å². The maximum absolute atomic E-state index is 13.1. The van der Waals surface area contributed by atoms with E-state index < -0.39 is 101 Å². The van der Waals surface area contributed by atoms with Crippen LogP contribution in [0.4, 0.5) is 0 Å². The van der Waals surface area contributed by atoms with E-state index in [9.17, 15) is 4.79 Å². The van der Waals surface area contributed by atoms with Gasteiger partial charge < -0.3 is 45.3 Å². The lowest BCUT2D eigenvalue weighted by Gasteiger charge is -2.51. The molecule has 0 aromatic heterocycles. The molecule has 1 rings (SSSR count). The summed E-state index contributed by atoms with van der Waals surface area (Å²) in [6.45, 7) is 47.5. The third kappa shape index (κ3) is 19.9. The Morgan fingerprint density at radius 1 is 0.520 bits per heavy atom. The molecule has 17 heteroatoms. The molecule has 0 aromatic carbocycles. The lowest BCUT2D eigenvalue weighted by Crippen LogP contribution is -2.67. The van der Waals surface area contributed by atoms with Gasteiger partial charge in [-0.25, -0.2) is 0 Å². The van der Waals surface area contributed by atoms with Crippen LogP contribution in [0.1, 0.15) is 6.92 Å². The van der Waals surface area contributed by atoms with Crippen molar-refractivity contribution < 1.29 is 45.3 Å². The summed E-state index contributed by atoms with van der Waals surface area (Å²) in [5.41, 5.74) is 0. The minimum atomic E-state index is -2.30. The molecule has 1 heterocycles. The molecular formula is C33H78O10Si7. The van der Waals surface area contributed by atoms with Crippen molar-refractivity contribution in [2.75, 3.05) is 6.61 Å². The van der Waals surface area contributed by atoms with Crippen LogP contribution >= 0.6 is 0 Å². The molecule has 50 heavy (non-hydrogen) atoms. The van der Waals surface area contributed by atoms with E-state index in [1.54, 1.807) is 0 Å². The van der Waals surface area contributed by atoms with Crippen LogP contribution in [0.25, 0.3) is 0 Å². The zero-order valence-corrected chi connectivity index (χ0v) is 43.1. The van der Waals surface area contributed by atoms with Gasteiger partial charge in [0, 0.05) is 0 Å². The van der Waals surface area contributed by atoms with Gasteiger partial charge in [0.05, 0.1) is 24.9 Å². The molecule has 0 spiro atoms. The molecule has 1 saturated heterocycles. The van der Waals surface area contributed by atoms with E-state index in [1.165, 1.54) is 0 Å². The first-order valence-electron chi connectivity index (χ1n) is 18.5. The molecule has 0 bridgehead atoms. The number of rotatable bonds is 21.